The van der Waals surface area contributed by atoms with Gasteiger partial charge in [-0.15, -0.1) is 0 Å². The highest BCUT2D eigenvalue weighted by atomic mass is 16.6. The molecular weight excluding hydrogens is 228 g/mol. The Morgan fingerprint density at radius 1 is 1.28 bits per heavy atom. The van der Waals surface area contributed by atoms with E-state index in [0.717, 1.165) is 13.0 Å². The van der Waals surface area contributed by atoms with Crippen LogP contribution in [0, 0.1) is 10.8 Å². The van der Waals surface area contributed by atoms with Gasteiger partial charge >= 0.3 is 6.09 Å². The molecule has 1 atom stereocenters. The topological polar surface area (TPSA) is 55.6 Å². The second kappa shape index (κ2) is 4.72. The predicted octanol–water partition coefficient (Wildman–Crippen LogP) is 2.62. The first-order chi connectivity index (χ1) is 8.01. The van der Waals surface area contributed by atoms with Crippen LogP contribution in [0.25, 0.3) is 0 Å². The summed E-state index contributed by atoms with van der Waals surface area (Å²) in [5.41, 5.74) is 5.63. The first kappa shape index (κ1) is 15.3. The molecule has 2 N–H and O–H groups in total. The highest BCUT2D eigenvalue weighted by Gasteiger charge is 2.47. The number of nitrogens with two attached hydrogens (primary N) is 1. The Hall–Kier alpha value is -0.770. The maximum absolute atomic E-state index is 12.1. The fourth-order valence-electron chi connectivity index (χ4n) is 2.44. The molecule has 4 heteroatoms. The quantitative estimate of drug-likeness (QED) is 0.784. The normalized spacial score (nSPS) is 25.4. The number of amides is 1. The molecule has 0 radical (unpaired) electrons. The number of carbonyl (C=O) groups is 1. The molecule has 1 fully saturated rings. The van der Waals surface area contributed by atoms with E-state index >= 15 is 0 Å². The zero-order valence-electron chi connectivity index (χ0n) is 12.7. The lowest BCUT2D eigenvalue weighted by Crippen LogP contribution is -2.46. The molecule has 0 spiro atoms. The second-order valence-electron chi connectivity index (χ2n) is 7.39. The number of ether oxygens (including phenoxy) is 1. The number of hydrogen-bond donors (Lipinski definition) is 1. The second-order valence-corrected chi connectivity index (χ2v) is 7.39. The lowest BCUT2D eigenvalue weighted by molar-refractivity contribution is 0.0230. The lowest BCUT2D eigenvalue weighted by atomic mass is 9.66. The summed E-state index contributed by atoms with van der Waals surface area (Å²) >= 11 is 0. The molecule has 1 heterocycles. The van der Waals surface area contributed by atoms with Crippen LogP contribution in [0.5, 0.6) is 0 Å². The van der Waals surface area contributed by atoms with Crippen molar-refractivity contribution in [1.82, 2.24) is 4.90 Å². The van der Waals surface area contributed by atoms with Gasteiger partial charge in [-0.25, -0.2) is 4.79 Å². The maximum Gasteiger partial charge on any atom is 0.410 e. The Morgan fingerprint density at radius 3 is 2.17 bits per heavy atom. The molecule has 1 unspecified atom stereocenters. The summed E-state index contributed by atoms with van der Waals surface area (Å²) in [5.74, 6) is 0. The fourth-order valence-corrected chi connectivity index (χ4v) is 2.44. The SMILES string of the molecule is CC(C)(C)OC(=O)N1CCC(CN)(C(C)(C)C)C1. The molecule has 0 aromatic carbocycles. The van der Waals surface area contributed by atoms with Crippen LogP contribution in [-0.2, 0) is 4.74 Å². The molecule has 0 aromatic rings. The number of likely N-dealkylation sites (tertiary alicyclic amines) is 1. The van der Waals surface area contributed by atoms with Gasteiger partial charge in [0.2, 0.25) is 0 Å². The molecule has 1 aliphatic rings. The summed E-state index contributed by atoms with van der Waals surface area (Å²) in [4.78, 5) is 13.8. The fraction of sp³-hybridized carbons (Fsp3) is 0.929. The Labute approximate surface area is 111 Å². The van der Waals surface area contributed by atoms with E-state index in [1.165, 1.54) is 0 Å². The number of nitrogens with zero attached hydrogens (tertiary/aromatic N) is 1. The lowest BCUT2D eigenvalue weighted by Gasteiger charge is -2.41. The highest BCUT2D eigenvalue weighted by Crippen LogP contribution is 2.45. The minimum Gasteiger partial charge on any atom is -0.444 e. The van der Waals surface area contributed by atoms with Crippen molar-refractivity contribution in [2.75, 3.05) is 19.6 Å². The van der Waals surface area contributed by atoms with Gasteiger partial charge in [0.25, 0.3) is 0 Å². The average molecular weight is 256 g/mol. The Bertz CT molecular complexity index is 315. The van der Waals surface area contributed by atoms with E-state index in [4.69, 9.17) is 10.5 Å². The number of hydrogen-bond acceptors (Lipinski definition) is 3. The molecule has 106 valence electrons. The molecule has 1 amide bonds. The van der Waals surface area contributed by atoms with Crippen LogP contribution in [-0.4, -0.2) is 36.2 Å². The molecule has 4 nitrogen and oxygen atoms in total. The Balaban J connectivity index is 2.74. The van der Waals surface area contributed by atoms with Gasteiger partial charge in [0.1, 0.15) is 5.60 Å². The Morgan fingerprint density at radius 2 is 1.83 bits per heavy atom. The molecular formula is C14H28N2O2. The van der Waals surface area contributed by atoms with Crippen molar-refractivity contribution in [3.63, 3.8) is 0 Å². The molecule has 1 aliphatic heterocycles. The minimum atomic E-state index is -0.438. The molecule has 1 rings (SSSR count). The van der Waals surface area contributed by atoms with Gasteiger partial charge in [-0.3, -0.25) is 0 Å². The summed E-state index contributed by atoms with van der Waals surface area (Å²) in [6.45, 7) is 14.3. The van der Waals surface area contributed by atoms with Gasteiger partial charge in [0.05, 0.1) is 0 Å². The third-order valence-corrected chi connectivity index (χ3v) is 3.99. The van der Waals surface area contributed by atoms with Crippen LogP contribution >= 0.6 is 0 Å². The van der Waals surface area contributed by atoms with Gasteiger partial charge in [0, 0.05) is 25.0 Å². The summed E-state index contributed by atoms with van der Waals surface area (Å²) in [6.07, 6.45) is 0.730. The van der Waals surface area contributed by atoms with Crippen molar-refractivity contribution in [1.29, 1.82) is 0 Å². The highest BCUT2D eigenvalue weighted by molar-refractivity contribution is 5.68. The van der Waals surface area contributed by atoms with E-state index < -0.39 is 5.60 Å². The predicted molar refractivity (Wildman–Crippen MR) is 73.4 cm³/mol. The maximum atomic E-state index is 12.1. The first-order valence-electron chi connectivity index (χ1n) is 6.69. The molecule has 1 saturated heterocycles. The van der Waals surface area contributed by atoms with Crippen LogP contribution in [0.1, 0.15) is 48.0 Å². The van der Waals surface area contributed by atoms with Crippen molar-refractivity contribution in [3.8, 4) is 0 Å². The average Bonchev–Trinajstić information content (AvgIpc) is 2.59. The van der Waals surface area contributed by atoms with Crippen LogP contribution in [0.4, 0.5) is 4.79 Å². The summed E-state index contributed by atoms with van der Waals surface area (Å²) in [5, 5.41) is 0. The van der Waals surface area contributed by atoms with Crippen molar-refractivity contribution < 1.29 is 9.53 Å². The van der Waals surface area contributed by atoms with Crippen LogP contribution in [0.3, 0.4) is 0 Å². The molecule has 0 bridgehead atoms. The van der Waals surface area contributed by atoms with Crippen LogP contribution in [0.15, 0.2) is 0 Å². The van der Waals surface area contributed by atoms with E-state index in [-0.39, 0.29) is 16.9 Å². The van der Waals surface area contributed by atoms with E-state index in [2.05, 4.69) is 20.8 Å². The van der Waals surface area contributed by atoms with Gasteiger partial charge in [-0.1, -0.05) is 20.8 Å². The van der Waals surface area contributed by atoms with Gasteiger partial charge in [-0.05, 0) is 32.6 Å². The van der Waals surface area contributed by atoms with E-state index in [9.17, 15) is 4.79 Å². The van der Waals surface area contributed by atoms with E-state index in [1.807, 2.05) is 20.8 Å². The van der Waals surface area contributed by atoms with Gasteiger partial charge in [-0.2, -0.15) is 0 Å². The minimum absolute atomic E-state index is 0.00387. The molecule has 0 saturated carbocycles. The number of carbonyl (C=O) groups excluding carboxylic acids is 1. The molecule has 0 aliphatic carbocycles. The third kappa shape index (κ3) is 3.16. The van der Waals surface area contributed by atoms with Crippen molar-refractivity contribution >= 4 is 6.09 Å². The molecule has 0 aromatic heterocycles. The first-order valence-corrected chi connectivity index (χ1v) is 6.69. The summed E-state index contributed by atoms with van der Waals surface area (Å²) in [6, 6.07) is 0. The third-order valence-electron chi connectivity index (χ3n) is 3.99. The van der Waals surface area contributed by atoms with E-state index in [0.29, 0.717) is 13.1 Å². The van der Waals surface area contributed by atoms with Crippen LogP contribution < -0.4 is 5.73 Å². The standard InChI is InChI=1S/C14H28N2O2/c1-12(2,3)14(9-15)7-8-16(10-14)11(17)18-13(4,5)6/h7-10,15H2,1-6H3. The van der Waals surface area contributed by atoms with Gasteiger partial charge < -0.3 is 15.4 Å². The van der Waals surface area contributed by atoms with Crippen LogP contribution in [0.2, 0.25) is 0 Å². The van der Waals surface area contributed by atoms with Crippen molar-refractivity contribution in [2.45, 2.75) is 53.6 Å². The number of rotatable bonds is 1. The van der Waals surface area contributed by atoms with Gasteiger partial charge in [0.15, 0.2) is 0 Å². The van der Waals surface area contributed by atoms with Crippen molar-refractivity contribution in [3.05, 3.63) is 0 Å². The van der Waals surface area contributed by atoms with E-state index in [1.54, 1.807) is 4.90 Å². The monoisotopic (exact) mass is 256 g/mol. The summed E-state index contributed by atoms with van der Waals surface area (Å²) < 4.78 is 5.42. The summed E-state index contributed by atoms with van der Waals surface area (Å²) in [7, 11) is 0. The smallest absolute Gasteiger partial charge is 0.410 e. The zero-order valence-corrected chi connectivity index (χ0v) is 12.7. The van der Waals surface area contributed by atoms with Crippen molar-refractivity contribution in [2.24, 2.45) is 16.6 Å². The molecule has 18 heavy (non-hydrogen) atoms. The zero-order chi connectivity index (χ0) is 14.2. The Kier molecular flexibility index (Phi) is 4.01. The largest absolute Gasteiger partial charge is 0.444 e.